The second kappa shape index (κ2) is 6.66. The van der Waals surface area contributed by atoms with Crippen molar-refractivity contribution in [2.24, 2.45) is 5.92 Å². The van der Waals surface area contributed by atoms with E-state index in [0.717, 1.165) is 32.2 Å². The molecule has 3 aliphatic rings. The lowest BCUT2D eigenvalue weighted by molar-refractivity contribution is -0.142. The van der Waals surface area contributed by atoms with Gasteiger partial charge in [0.05, 0.1) is 17.6 Å². The van der Waals surface area contributed by atoms with Gasteiger partial charge in [-0.25, -0.2) is 0 Å². The molecule has 4 nitrogen and oxygen atoms in total. The van der Waals surface area contributed by atoms with Crippen molar-refractivity contribution in [2.45, 2.75) is 88.4 Å². The first kappa shape index (κ1) is 15.3. The molecule has 4 heteroatoms. The fraction of sp³-hybridized carbons (Fsp3) is 0.941. The highest BCUT2D eigenvalue weighted by Crippen LogP contribution is 2.41. The van der Waals surface area contributed by atoms with Crippen molar-refractivity contribution in [3.05, 3.63) is 0 Å². The van der Waals surface area contributed by atoms with Crippen molar-refractivity contribution >= 4 is 5.97 Å². The molecule has 21 heavy (non-hydrogen) atoms. The van der Waals surface area contributed by atoms with E-state index in [4.69, 9.17) is 9.84 Å². The Kier molecular flexibility index (Phi) is 4.85. The molecule has 2 N–H and O–H groups in total. The molecule has 2 aliphatic carbocycles. The lowest BCUT2D eigenvalue weighted by atomic mass is 9.83. The predicted octanol–water partition coefficient (Wildman–Crippen LogP) is 3.10. The average Bonchev–Trinajstić information content (AvgIpc) is 2.89. The van der Waals surface area contributed by atoms with Crippen molar-refractivity contribution in [3.8, 4) is 0 Å². The first-order chi connectivity index (χ1) is 10.2. The van der Waals surface area contributed by atoms with E-state index in [9.17, 15) is 4.79 Å². The molecule has 0 amide bonds. The Bertz CT molecular complexity index is 357. The Hall–Kier alpha value is -0.610. The van der Waals surface area contributed by atoms with E-state index in [1.807, 2.05) is 0 Å². The molecule has 1 aliphatic heterocycles. The highest BCUT2D eigenvalue weighted by Gasteiger charge is 2.40. The standard InChI is InChI=1S/C17H29NO3/c19-16(20)13-4-6-14(7-5-13)18-12-15-8-11-17(21-15)9-2-1-3-10-17/h13-15,18H,1-12H2,(H,19,20). The van der Waals surface area contributed by atoms with Crippen LogP contribution in [0.4, 0.5) is 0 Å². The van der Waals surface area contributed by atoms with E-state index < -0.39 is 5.97 Å². The molecule has 120 valence electrons. The smallest absolute Gasteiger partial charge is 0.306 e. The summed E-state index contributed by atoms with van der Waals surface area (Å²) in [5.74, 6) is -0.733. The maximum absolute atomic E-state index is 11.0. The third-order valence-electron chi connectivity index (χ3n) is 5.81. The minimum atomic E-state index is -0.619. The van der Waals surface area contributed by atoms with Crippen LogP contribution in [0.3, 0.4) is 0 Å². The van der Waals surface area contributed by atoms with Crippen LogP contribution in [0.25, 0.3) is 0 Å². The molecule has 0 aromatic rings. The van der Waals surface area contributed by atoms with Gasteiger partial charge in [-0.1, -0.05) is 19.3 Å². The van der Waals surface area contributed by atoms with Gasteiger partial charge in [-0.3, -0.25) is 4.79 Å². The molecule has 0 aromatic heterocycles. The van der Waals surface area contributed by atoms with Crippen LogP contribution in [0.15, 0.2) is 0 Å². The Morgan fingerprint density at radius 2 is 1.76 bits per heavy atom. The number of hydrogen-bond donors (Lipinski definition) is 2. The summed E-state index contributed by atoms with van der Waals surface area (Å²) in [6, 6.07) is 0.493. The van der Waals surface area contributed by atoms with E-state index >= 15 is 0 Å². The molecule has 1 spiro atoms. The second-order valence-corrected chi connectivity index (χ2v) is 7.32. The summed E-state index contributed by atoms with van der Waals surface area (Å²) in [6.45, 7) is 0.949. The first-order valence-corrected chi connectivity index (χ1v) is 8.81. The highest BCUT2D eigenvalue weighted by atomic mass is 16.5. The maximum atomic E-state index is 11.0. The van der Waals surface area contributed by atoms with Crippen LogP contribution in [0.2, 0.25) is 0 Å². The number of carboxylic acid groups (broad SMARTS) is 1. The van der Waals surface area contributed by atoms with Gasteiger partial charge in [0.2, 0.25) is 0 Å². The van der Waals surface area contributed by atoms with Crippen molar-refractivity contribution in [3.63, 3.8) is 0 Å². The van der Waals surface area contributed by atoms with Crippen molar-refractivity contribution in [1.82, 2.24) is 5.32 Å². The molecule has 1 atom stereocenters. The van der Waals surface area contributed by atoms with Crippen LogP contribution in [0.1, 0.15) is 70.6 Å². The van der Waals surface area contributed by atoms with Crippen LogP contribution in [0.5, 0.6) is 0 Å². The lowest BCUT2D eigenvalue weighted by Gasteiger charge is -2.34. The normalized spacial score (nSPS) is 35.9. The number of aliphatic carboxylic acids is 1. The van der Waals surface area contributed by atoms with Crippen LogP contribution in [-0.4, -0.2) is 35.4 Å². The zero-order valence-electron chi connectivity index (χ0n) is 13.0. The molecule has 0 radical (unpaired) electrons. The van der Waals surface area contributed by atoms with Gasteiger partial charge in [-0.05, 0) is 51.4 Å². The quantitative estimate of drug-likeness (QED) is 0.836. The summed E-state index contributed by atoms with van der Waals surface area (Å²) in [4.78, 5) is 11.0. The van der Waals surface area contributed by atoms with Crippen LogP contribution >= 0.6 is 0 Å². The molecule has 1 heterocycles. The van der Waals surface area contributed by atoms with Gasteiger partial charge in [0.25, 0.3) is 0 Å². The monoisotopic (exact) mass is 295 g/mol. The Labute approximate surface area is 127 Å². The molecule has 0 aromatic carbocycles. The largest absolute Gasteiger partial charge is 0.481 e. The van der Waals surface area contributed by atoms with Gasteiger partial charge in [-0.2, -0.15) is 0 Å². The minimum Gasteiger partial charge on any atom is -0.481 e. The Balaban J connectivity index is 1.38. The number of rotatable bonds is 4. The van der Waals surface area contributed by atoms with Gasteiger partial charge in [0, 0.05) is 12.6 Å². The molecular weight excluding hydrogens is 266 g/mol. The van der Waals surface area contributed by atoms with Crippen molar-refractivity contribution in [2.75, 3.05) is 6.54 Å². The number of hydrogen-bond acceptors (Lipinski definition) is 3. The summed E-state index contributed by atoms with van der Waals surface area (Å²) in [5.41, 5.74) is 0.214. The average molecular weight is 295 g/mol. The first-order valence-electron chi connectivity index (χ1n) is 8.81. The van der Waals surface area contributed by atoms with Gasteiger partial charge < -0.3 is 15.2 Å². The van der Waals surface area contributed by atoms with E-state index in [1.54, 1.807) is 0 Å². The van der Waals surface area contributed by atoms with Gasteiger partial charge in [0.1, 0.15) is 0 Å². The summed E-state index contributed by atoms with van der Waals surface area (Å²) in [6.07, 6.45) is 13.0. The van der Waals surface area contributed by atoms with E-state index in [2.05, 4.69) is 5.32 Å². The SMILES string of the molecule is O=C(O)C1CCC(NCC2CCC3(CCCCC3)O2)CC1. The number of ether oxygens (including phenoxy) is 1. The van der Waals surface area contributed by atoms with Gasteiger partial charge >= 0.3 is 5.97 Å². The van der Waals surface area contributed by atoms with Gasteiger partial charge in [-0.15, -0.1) is 0 Å². The Morgan fingerprint density at radius 3 is 2.43 bits per heavy atom. The zero-order valence-corrected chi connectivity index (χ0v) is 13.0. The number of carbonyl (C=O) groups is 1. The van der Waals surface area contributed by atoms with Crippen LogP contribution in [-0.2, 0) is 9.53 Å². The number of nitrogens with one attached hydrogen (secondary N) is 1. The molecule has 2 saturated carbocycles. The topological polar surface area (TPSA) is 58.6 Å². The maximum Gasteiger partial charge on any atom is 0.306 e. The van der Waals surface area contributed by atoms with E-state index in [0.29, 0.717) is 12.1 Å². The van der Waals surface area contributed by atoms with Crippen LogP contribution < -0.4 is 5.32 Å². The summed E-state index contributed by atoms with van der Waals surface area (Å²) in [7, 11) is 0. The van der Waals surface area contributed by atoms with Crippen molar-refractivity contribution in [1.29, 1.82) is 0 Å². The highest BCUT2D eigenvalue weighted by molar-refractivity contribution is 5.70. The van der Waals surface area contributed by atoms with Crippen molar-refractivity contribution < 1.29 is 14.6 Å². The fourth-order valence-corrected chi connectivity index (χ4v) is 4.45. The van der Waals surface area contributed by atoms with E-state index in [1.165, 1.54) is 44.9 Å². The third kappa shape index (κ3) is 3.78. The fourth-order valence-electron chi connectivity index (χ4n) is 4.45. The second-order valence-electron chi connectivity index (χ2n) is 7.32. The summed E-state index contributed by atoms with van der Waals surface area (Å²) in [5, 5.41) is 12.7. The van der Waals surface area contributed by atoms with Gasteiger partial charge in [0.15, 0.2) is 0 Å². The third-order valence-corrected chi connectivity index (χ3v) is 5.81. The predicted molar refractivity (Wildman–Crippen MR) is 81.3 cm³/mol. The summed E-state index contributed by atoms with van der Waals surface area (Å²) >= 11 is 0. The van der Waals surface area contributed by atoms with Crippen LogP contribution in [0, 0.1) is 5.92 Å². The minimum absolute atomic E-state index is 0.115. The molecule has 1 saturated heterocycles. The molecule has 0 bridgehead atoms. The molecule has 3 rings (SSSR count). The number of carboxylic acids is 1. The van der Waals surface area contributed by atoms with E-state index in [-0.39, 0.29) is 11.5 Å². The lowest BCUT2D eigenvalue weighted by Crippen LogP contribution is -2.40. The molecule has 3 fully saturated rings. The Morgan fingerprint density at radius 1 is 1.05 bits per heavy atom. The molecule has 1 unspecified atom stereocenters. The summed E-state index contributed by atoms with van der Waals surface area (Å²) < 4.78 is 6.38. The zero-order chi connectivity index (χ0) is 14.7. The molecular formula is C17H29NO3.